The van der Waals surface area contributed by atoms with Gasteiger partial charge in [-0.15, -0.1) is 11.6 Å². The van der Waals surface area contributed by atoms with E-state index in [-0.39, 0.29) is 0 Å². The maximum atomic E-state index is 11.0. The van der Waals surface area contributed by atoms with Gasteiger partial charge < -0.3 is 4.90 Å². The van der Waals surface area contributed by atoms with Crippen molar-refractivity contribution in [2.45, 2.75) is 9.17 Å². The van der Waals surface area contributed by atoms with Crippen molar-refractivity contribution < 1.29 is 4.79 Å². The minimum absolute atomic E-state index is 0.424. The molecule has 0 fully saturated rings. The van der Waals surface area contributed by atoms with E-state index in [0.29, 0.717) is 0 Å². The molecule has 0 heterocycles. The molecule has 0 aromatic rings. The Morgan fingerprint density at radius 3 is 1.82 bits per heavy atom. The Labute approximate surface area is 85.3 Å². The predicted molar refractivity (Wildman–Crippen MR) is 48.6 cm³/mol. The van der Waals surface area contributed by atoms with Crippen LogP contribution in [0.25, 0.3) is 0 Å². The Morgan fingerprint density at radius 2 is 1.73 bits per heavy atom. The Kier molecular flexibility index (Phi) is 4.27. The molecule has 1 unspecified atom stereocenters. The summed E-state index contributed by atoms with van der Waals surface area (Å²) < 4.78 is -1.75. The Balaban J connectivity index is 4.26. The lowest BCUT2D eigenvalue weighted by molar-refractivity contribution is -0.128. The summed E-state index contributed by atoms with van der Waals surface area (Å²) in [5.74, 6) is -0.424. The van der Waals surface area contributed by atoms with Crippen LogP contribution in [-0.2, 0) is 4.79 Å². The maximum Gasteiger partial charge on any atom is 0.244 e. The monoisotopic (exact) mass is 237 g/mol. The van der Waals surface area contributed by atoms with Crippen LogP contribution in [0.5, 0.6) is 0 Å². The van der Waals surface area contributed by atoms with Crippen LogP contribution in [0.15, 0.2) is 0 Å². The molecule has 0 aliphatic heterocycles. The van der Waals surface area contributed by atoms with Gasteiger partial charge in [-0.3, -0.25) is 4.79 Å². The molecule has 0 bridgehead atoms. The average Bonchev–Trinajstić information content (AvgIpc) is 1.82. The van der Waals surface area contributed by atoms with E-state index in [1.165, 1.54) is 19.0 Å². The Hall–Kier alpha value is 0.630. The summed E-state index contributed by atoms with van der Waals surface area (Å²) in [5.41, 5.74) is 0. The molecular weight excluding hydrogens is 232 g/mol. The number of hydrogen-bond acceptors (Lipinski definition) is 1. The summed E-state index contributed by atoms with van der Waals surface area (Å²) in [4.78, 5) is 12.3. The van der Waals surface area contributed by atoms with E-state index in [1.54, 1.807) is 0 Å². The van der Waals surface area contributed by atoms with E-state index in [4.69, 9.17) is 46.4 Å². The van der Waals surface area contributed by atoms with E-state index >= 15 is 0 Å². The number of alkyl halides is 4. The summed E-state index contributed by atoms with van der Waals surface area (Å²) in [6.07, 6.45) is 0. The highest BCUT2D eigenvalue weighted by Crippen LogP contribution is 2.34. The smallest absolute Gasteiger partial charge is 0.244 e. The van der Waals surface area contributed by atoms with Crippen LogP contribution < -0.4 is 0 Å². The van der Waals surface area contributed by atoms with Crippen molar-refractivity contribution >= 4 is 52.3 Å². The SMILES string of the molecule is CN(C)C(=O)C(Cl)C(Cl)(Cl)Cl. The molecule has 0 aliphatic carbocycles. The van der Waals surface area contributed by atoms with E-state index in [0.717, 1.165) is 0 Å². The van der Waals surface area contributed by atoms with Gasteiger partial charge in [-0.2, -0.15) is 0 Å². The number of hydrogen-bond donors (Lipinski definition) is 0. The van der Waals surface area contributed by atoms with Crippen LogP contribution >= 0.6 is 46.4 Å². The van der Waals surface area contributed by atoms with Gasteiger partial charge in [0.2, 0.25) is 9.70 Å². The van der Waals surface area contributed by atoms with Gasteiger partial charge >= 0.3 is 0 Å². The second-order valence-electron chi connectivity index (χ2n) is 2.14. The van der Waals surface area contributed by atoms with E-state index in [9.17, 15) is 4.79 Å². The maximum absolute atomic E-state index is 11.0. The van der Waals surface area contributed by atoms with Crippen molar-refractivity contribution in [2.24, 2.45) is 0 Å². The standard InChI is InChI=1S/C5H7Cl4NO/c1-10(2)4(11)3(6)5(7,8)9/h3H,1-2H3. The van der Waals surface area contributed by atoms with Crippen LogP contribution in [0.2, 0.25) is 0 Å². The third-order valence-electron chi connectivity index (χ3n) is 0.945. The first-order valence-electron chi connectivity index (χ1n) is 2.68. The number of amides is 1. The van der Waals surface area contributed by atoms with Crippen molar-refractivity contribution in [2.75, 3.05) is 14.1 Å². The van der Waals surface area contributed by atoms with Crippen LogP contribution in [0.4, 0.5) is 0 Å². The van der Waals surface area contributed by atoms with E-state index in [1.807, 2.05) is 0 Å². The Bertz CT molecular complexity index is 153. The molecule has 0 spiro atoms. The van der Waals surface area contributed by atoms with Gasteiger partial charge in [0.15, 0.2) is 5.38 Å². The lowest BCUT2D eigenvalue weighted by Gasteiger charge is -2.20. The molecule has 11 heavy (non-hydrogen) atoms. The van der Waals surface area contributed by atoms with E-state index < -0.39 is 15.1 Å². The topological polar surface area (TPSA) is 20.3 Å². The van der Waals surface area contributed by atoms with Gasteiger partial charge in [-0.05, 0) is 0 Å². The third-order valence-corrected chi connectivity index (χ3v) is 2.45. The molecule has 0 aromatic carbocycles. The number of halogens is 4. The molecule has 0 aromatic heterocycles. The second-order valence-corrected chi connectivity index (χ2v) is 4.94. The molecule has 66 valence electrons. The quantitative estimate of drug-likeness (QED) is 0.641. The zero-order chi connectivity index (χ0) is 9.23. The van der Waals surface area contributed by atoms with Gasteiger partial charge in [0.1, 0.15) is 0 Å². The molecule has 0 radical (unpaired) electrons. The molecule has 1 amide bonds. The molecule has 0 saturated heterocycles. The summed E-state index contributed by atoms with van der Waals surface area (Å²) in [7, 11) is 3.07. The van der Waals surface area contributed by atoms with Crippen molar-refractivity contribution in [3.05, 3.63) is 0 Å². The lowest BCUT2D eigenvalue weighted by atomic mass is 10.4. The number of carbonyl (C=O) groups is 1. The first-order valence-corrected chi connectivity index (χ1v) is 4.26. The van der Waals surface area contributed by atoms with Crippen molar-refractivity contribution in [3.8, 4) is 0 Å². The zero-order valence-electron chi connectivity index (χ0n) is 5.94. The summed E-state index contributed by atoms with van der Waals surface area (Å²) in [6, 6.07) is 0. The number of carbonyl (C=O) groups excluding carboxylic acids is 1. The van der Waals surface area contributed by atoms with Gasteiger partial charge in [-0.1, -0.05) is 34.8 Å². The fourth-order valence-corrected chi connectivity index (χ4v) is 0.842. The van der Waals surface area contributed by atoms with E-state index in [2.05, 4.69) is 0 Å². The fourth-order valence-electron chi connectivity index (χ4n) is 0.367. The first-order chi connectivity index (χ1) is 4.76. The molecule has 2 nitrogen and oxygen atoms in total. The normalized spacial score (nSPS) is 14.4. The minimum atomic E-state index is -1.75. The molecule has 6 heteroatoms. The summed E-state index contributed by atoms with van der Waals surface area (Å²) >= 11 is 21.6. The lowest BCUT2D eigenvalue weighted by Crippen LogP contribution is -2.37. The molecule has 0 saturated carbocycles. The highest BCUT2D eigenvalue weighted by Gasteiger charge is 2.37. The highest BCUT2D eigenvalue weighted by atomic mass is 35.6. The summed E-state index contributed by atoms with van der Waals surface area (Å²) in [5, 5.41) is -1.14. The van der Waals surface area contributed by atoms with Gasteiger partial charge in [-0.25, -0.2) is 0 Å². The Morgan fingerprint density at radius 1 is 1.36 bits per heavy atom. The largest absolute Gasteiger partial charge is 0.347 e. The van der Waals surface area contributed by atoms with Gasteiger partial charge in [0.25, 0.3) is 0 Å². The number of rotatable bonds is 1. The second kappa shape index (κ2) is 4.04. The minimum Gasteiger partial charge on any atom is -0.347 e. The molecule has 0 N–H and O–H groups in total. The molecular formula is C5H7Cl4NO. The van der Waals surface area contributed by atoms with Crippen LogP contribution in [0.1, 0.15) is 0 Å². The first kappa shape index (κ1) is 11.6. The average molecular weight is 239 g/mol. The molecule has 0 rings (SSSR count). The predicted octanol–water partition coefficient (Wildman–Crippen LogP) is 2.05. The fraction of sp³-hybridized carbons (Fsp3) is 0.800. The van der Waals surface area contributed by atoms with Crippen molar-refractivity contribution in [1.82, 2.24) is 4.90 Å². The zero-order valence-corrected chi connectivity index (χ0v) is 8.97. The van der Waals surface area contributed by atoms with Crippen molar-refractivity contribution in [3.63, 3.8) is 0 Å². The number of nitrogens with zero attached hydrogens (tertiary/aromatic N) is 1. The van der Waals surface area contributed by atoms with Crippen molar-refractivity contribution in [1.29, 1.82) is 0 Å². The summed E-state index contributed by atoms with van der Waals surface area (Å²) in [6.45, 7) is 0. The van der Waals surface area contributed by atoms with Crippen LogP contribution in [0.3, 0.4) is 0 Å². The van der Waals surface area contributed by atoms with Crippen LogP contribution in [-0.4, -0.2) is 34.1 Å². The highest BCUT2D eigenvalue weighted by molar-refractivity contribution is 6.71. The molecule has 1 atom stereocenters. The van der Waals surface area contributed by atoms with Gasteiger partial charge in [0.05, 0.1) is 0 Å². The molecule has 0 aliphatic rings. The van der Waals surface area contributed by atoms with Gasteiger partial charge in [0, 0.05) is 14.1 Å². The van der Waals surface area contributed by atoms with Crippen LogP contribution in [0, 0.1) is 0 Å². The third kappa shape index (κ3) is 3.70.